The van der Waals surface area contributed by atoms with Crippen molar-refractivity contribution in [1.82, 2.24) is 4.90 Å². The van der Waals surface area contributed by atoms with Gasteiger partial charge in [-0.3, -0.25) is 28.9 Å². The van der Waals surface area contributed by atoms with Gasteiger partial charge in [-0.15, -0.1) is 11.3 Å². The van der Waals surface area contributed by atoms with Crippen molar-refractivity contribution < 1.29 is 29.0 Å². The Morgan fingerprint density at radius 1 is 0.597 bits per heavy atom. The Hall–Kier alpha value is -6.82. The summed E-state index contributed by atoms with van der Waals surface area (Å²) < 4.78 is 7.46. The summed E-state index contributed by atoms with van der Waals surface area (Å²) in [6.45, 7) is 9.05. The second kappa shape index (κ2) is 22.1. The number of benzene rings is 7. The Bertz CT molecular complexity index is 3040. The highest BCUT2D eigenvalue weighted by Crippen LogP contribution is 2.29. The molecule has 0 saturated carbocycles. The molecule has 0 unspecified atom stereocenters. The van der Waals surface area contributed by atoms with Crippen molar-refractivity contribution in [3.05, 3.63) is 230 Å². The maximum atomic E-state index is 12.7. The van der Waals surface area contributed by atoms with Gasteiger partial charge in [-0.25, -0.2) is 0 Å². The van der Waals surface area contributed by atoms with Crippen LogP contribution in [0.15, 0.2) is 175 Å². The zero-order valence-electron chi connectivity index (χ0n) is 37.6. The summed E-state index contributed by atoms with van der Waals surface area (Å²) in [6, 6.07) is 51.1. The van der Waals surface area contributed by atoms with E-state index < -0.39 is 5.54 Å². The molecule has 2 aliphatic rings. The average Bonchev–Trinajstić information content (AvgIpc) is 3.39. The molecule has 10 heteroatoms. The van der Waals surface area contributed by atoms with E-state index in [1.54, 1.807) is 65.9 Å². The van der Waals surface area contributed by atoms with Gasteiger partial charge in [-0.05, 0) is 86.0 Å². The Kier molecular flexibility index (Phi) is 15.9. The molecule has 2 heterocycles. The summed E-state index contributed by atoms with van der Waals surface area (Å²) in [5.41, 5.74) is 5.96. The van der Waals surface area contributed by atoms with E-state index in [0.29, 0.717) is 52.3 Å². The molecule has 1 fully saturated rings. The first-order valence-corrected chi connectivity index (χ1v) is 23.5. The molecule has 67 heavy (non-hydrogen) atoms. The SMILES string of the molecule is CC(C)(C(=O)c1ccc(CS)cc1)N1CCOCC1.CCc1ccc2c(c1)C(=O)c1ccccc1C2=O.O=C(c1ccccc1)c1ccc(O)cc1.O=c1c2ccccc2sc2ccccc12. The van der Waals surface area contributed by atoms with Crippen LogP contribution in [0.2, 0.25) is 0 Å². The quantitative estimate of drug-likeness (QED) is 0.0922. The van der Waals surface area contributed by atoms with Crippen LogP contribution in [0.3, 0.4) is 0 Å². The van der Waals surface area contributed by atoms with Crippen LogP contribution in [0.5, 0.6) is 5.75 Å². The van der Waals surface area contributed by atoms with Crippen molar-refractivity contribution in [3.8, 4) is 5.75 Å². The van der Waals surface area contributed by atoms with Gasteiger partial charge < -0.3 is 9.84 Å². The zero-order chi connectivity index (χ0) is 47.5. The van der Waals surface area contributed by atoms with Crippen LogP contribution in [0, 0.1) is 0 Å². The summed E-state index contributed by atoms with van der Waals surface area (Å²) in [5.74, 6) is 0.898. The number of fused-ring (bicyclic) bond motifs is 4. The molecule has 1 aliphatic heterocycles. The molecule has 0 amide bonds. The highest BCUT2D eigenvalue weighted by molar-refractivity contribution is 7.79. The number of aryl methyl sites for hydroxylation is 1. The maximum Gasteiger partial charge on any atom is 0.195 e. The molecule has 0 bridgehead atoms. The van der Waals surface area contributed by atoms with E-state index in [4.69, 9.17) is 9.84 Å². The molecule has 338 valence electrons. The van der Waals surface area contributed by atoms with Crippen molar-refractivity contribution in [2.45, 2.75) is 38.5 Å². The summed E-state index contributed by atoms with van der Waals surface area (Å²) in [5, 5.41) is 10.7. The van der Waals surface area contributed by atoms with E-state index in [1.165, 1.54) is 12.1 Å². The monoisotopic (exact) mass is 925 g/mol. The molecular formula is C57H51NO7S2. The molecule has 0 spiro atoms. The van der Waals surface area contributed by atoms with Crippen molar-refractivity contribution in [1.29, 1.82) is 0 Å². The van der Waals surface area contributed by atoms with Gasteiger partial charge in [-0.1, -0.05) is 122 Å². The number of ketones is 4. The number of hydrogen-bond acceptors (Lipinski definition) is 10. The normalized spacial score (nSPS) is 13.1. The molecule has 1 aromatic heterocycles. The van der Waals surface area contributed by atoms with Gasteiger partial charge in [0.05, 0.1) is 18.8 Å². The number of hydrogen-bond donors (Lipinski definition) is 2. The number of rotatable bonds is 7. The third-order valence-electron chi connectivity index (χ3n) is 11.8. The average molecular weight is 926 g/mol. The van der Waals surface area contributed by atoms with Gasteiger partial charge in [-0.2, -0.15) is 12.6 Å². The topological polar surface area (TPSA) is 118 Å². The predicted octanol–water partition coefficient (Wildman–Crippen LogP) is 11.5. The lowest BCUT2D eigenvalue weighted by Gasteiger charge is -2.39. The van der Waals surface area contributed by atoms with Crippen LogP contribution in [0.25, 0.3) is 20.2 Å². The van der Waals surface area contributed by atoms with Crippen LogP contribution in [-0.4, -0.2) is 65.0 Å². The third kappa shape index (κ3) is 11.2. The number of carbonyl (C=O) groups excluding carboxylic acids is 4. The second-order valence-electron chi connectivity index (χ2n) is 16.4. The number of thiol groups is 1. The molecule has 8 nitrogen and oxygen atoms in total. The second-order valence-corrected chi connectivity index (χ2v) is 17.8. The number of phenolic OH excluding ortho intramolecular Hbond substituents is 1. The van der Waals surface area contributed by atoms with E-state index in [1.807, 2.05) is 124 Å². The maximum absolute atomic E-state index is 12.7. The summed E-state index contributed by atoms with van der Waals surface area (Å²) >= 11 is 5.89. The minimum absolute atomic E-state index is 0.0319. The Labute approximate surface area is 399 Å². The summed E-state index contributed by atoms with van der Waals surface area (Å²) in [6.07, 6.45) is 0.858. The zero-order valence-corrected chi connectivity index (χ0v) is 39.3. The number of carbonyl (C=O) groups is 4. The van der Waals surface area contributed by atoms with Crippen molar-refractivity contribution in [2.24, 2.45) is 0 Å². The molecular weight excluding hydrogens is 875 g/mol. The van der Waals surface area contributed by atoms with E-state index in [2.05, 4.69) is 17.5 Å². The van der Waals surface area contributed by atoms with Crippen molar-refractivity contribution in [2.75, 3.05) is 26.3 Å². The Balaban J connectivity index is 0.000000133. The largest absolute Gasteiger partial charge is 0.508 e. The van der Waals surface area contributed by atoms with Crippen LogP contribution in [0.1, 0.15) is 90.0 Å². The standard InChI is InChI=1S/C16H12O2.C15H21NO2S.C13H10O2.C13H8OS/c1-2-10-7-8-13-14(9-10)16(18)12-6-4-3-5-11(12)15(13)17;1-15(2,16-7-9-18-10-8-16)14(17)13-5-3-12(11-19)4-6-13;14-12-8-6-11(7-9-12)13(15)10-4-2-1-3-5-10;14-13-9-5-1-3-7-11(9)15-12-8-4-2-6-10(12)13/h3-9H,2H2,1H3;3-6,19H,7-11H2,1-2H3;1-9,14H;1-8H. The van der Waals surface area contributed by atoms with Gasteiger partial charge in [0.15, 0.2) is 28.6 Å². The van der Waals surface area contributed by atoms with E-state index in [9.17, 15) is 24.0 Å². The molecule has 8 aromatic rings. The van der Waals surface area contributed by atoms with Gasteiger partial charge in [0, 0.05) is 78.0 Å². The lowest BCUT2D eigenvalue weighted by atomic mass is 9.83. The van der Waals surface area contributed by atoms with Gasteiger partial charge in [0.25, 0.3) is 0 Å². The fourth-order valence-corrected chi connectivity index (χ4v) is 9.15. The minimum atomic E-state index is -0.480. The van der Waals surface area contributed by atoms with Crippen molar-refractivity contribution >= 4 is 67.3 Å². The molecule has 1 aliphatic carbocycles. The number of Topliss-reactive ketones (excluding diaryl/α,β-unsaturated/α-hetero) is 1. The first-order chi connectivity index (χ1) is 32.4. The van der Waals surface area contributed by atoms with Gasteiger partial charge >= 0.3 is 0 Å². The number of phenols is 1. The minimum Gasteiger partial charge on any atom is -0.508 e. The summed E-state index contributed by atoms with van der Waals surface area (Å²) in [4.78, 5) is 63.5. The number of aromatic hydroxyl groups is 1. The third-order valence-corrected chi connectivity index (χ3v) is 13.3. The molecule has 1 N–H and O–H groups in total. The van der Waals surface area contributed by atoms with Crippen LogP contribution < -0.4 is 5.43 Å². The van der Waals surface area contributed by atoms with E-state index in [-0.39, 0.29) is 34.3 Å². The highest BCUT2D eigenvalue weighted by atomic mass is 32.1. The van der Waals surface area contributed by atoms with Crippen LogP contribution in [0.4, 0.5) is 0 Å². The van der Waals surface area contributed by atoms with Crippen molar-refractivity contribution in [3.63, 3.8) is 0 Å². The Morgan fingerprint density at radius 2 is 1.07 bits per heavy atom. The number of ether oxygens (including phenoxy) is 1. The van der Waals surface area contributed by atoms with Crippen LogP contribution in [-0.2, 0) is 16.9 Å². The first-order valence-electron chi connectivity index (χ1n) is 22.1. The first kappa shape index (κ1) is 48.1. The lowest BCUT2D eigenvalue weighted by Crippen LogP contribution is -2.54. The molecule has 1 saturated heterocycles. The van der Waals surface area contributed by atoms with Crippen LogP contribution >= 0.6 is 24.0 Å². The molecule has 0 radical (unpaired) electrons. The van der Waals surface area contributed by atoms with Gasteiger partial charge in [0.2, 0.25) is 0 Å². The molecule has 10 rings (SSSR count). The fraction of sp³-hybridized carbons (Fsp3) is 0.175. The summed E-state index contributed by atoms with van der Waals surface area (Å²) in [7, 11) is 0. The number of nitrogens with zero attached hydrogens (tertiary/aromatic N) is 1. The fourth-order valence-electron chi connectivity index (χ4n) is 7.87. The highest BCUT2D eigenvalue weighted by Gasteiger charge is 2.36. The predicted molar refractivity (Wildman–Crippen MR) is 273 cm³/mol. The van der Waals surface area contributed by atoms with E-state index in [0.717, 1.165) is 56.4 Å². The molecule has 0 atom stereocenters. The Morgan fingerprint density at radius 3 is 1.64 bits per heavy atom. The molecule has 7 aromatic carbocycles. The number of morpholine rings is 1. The van der Waals surface area contributed by atoms with E-state index >= 15 is 0 Å². The smallest absolute Gasteiger partial charge is 0.195 e. The lowest BCUT2D eigenvalue weighted by molar-refractivity contribution is -0.00430. The van der Waals surface area contributed by atoms with Gasteiger partial charge in [0.1, 0.15) is 5.75 Å².